The Kier molecular flexibility index (Phi) is 4.79. The van der Waals surface area contributed by atoms with Gasteiger partial charge < -0.3 is 19.7 Å². The Morgan fingerprint density at radius 2 is 1.64 bits per heavy atom. The van der Waals surface area contributed by atoms with Crippen molar-refractivity contribution >= 4 is 45.3 Å². The highest BCUT2D eigenvalue weighted by atomic mass is 32.3. The third-order valence-corrected chi connectivity index (χ3v) is 5.80. The van der Waals surface area contributed by atoms with Crippen LogP contribution in [0.25, 0.3) is 5.52 Å². The van der Waals surface area contributed by atoms with Crippen LogP contribution in [0.2, 0.25) is 0 Å². The van der Waals surface area contributed by atoms with Crippen molar-refractivity contribution in [2.45, 2.75) is 16.4 Å². The number of carbonyl (C=O) groups is 3. The molecule has 0 amide bonds. The van der Waals surface area contributed by atoms with Crippen molar-refractivity contribution in [1.29, 1.82) is 0 Å². The van der Waals surface area contributed by atoms with Crippen LogP contribution in [0.15, 0.2) is 17.3 Å². The van der Waals surface area contributed by atoms with E-state index in [1.54, 1.807) is 0 Å². The molecule has 2 heterocycles. The molecule has 2 aromatic rings. The van der Waals surface area contributed by atoms with E-state index in [1.807, 2.05) is 0 Å². The fourth-order valence-electron chi connectivity index (χ4n) is 2.05. The highest BCUT2D eigenvalue weighted by Gasteiger charge is 2.28. The quantitative estimate of drug-likeness (QED) is 0.416. The first kappa shape index (κ1) is 18.8. The molecule has 0 saturated carbocycles. The van der Waals surface area contributed by atoms with Crippen LogP contribution in [-0.2, 0) is 10.1 Å². The van der Waals surface area contributed by atoms with Gasteiger partial charge in [0.1, 0.15) is 4.58 Å². The van der Waals surface area contributed by atoms with Crippen LogP contribution < -0.4 is 0 Å². The summed E-state index contributed by atoms with van der Waals surface area (Å²) in [6.45, 7) is 1.18. The van der Waals surface area contributed by atoms with Gasteiger partial charge in [0.15, 0.2) is 0 Å². The molecule has 0 bridgehead atoms. The van der Waals surface area contributed by atoms with Crippen molar-refractivity contribution in [3.8, 4) is 0 Å². The number of aromatic nitrogens is 1. The molecule has 1 atom stereocenters. The summed E-state index contributed by atoms with van der Waals surface area (Å²) in [6.07, 6.45) is 2.08. The molecule has 2 rings (SSSR count). The zero-order valence-corrected chi connectivity index (χ0v) is 14.0. The number of nitrogens with zero attached hydrogens (tertiary/aromatic N) is 1. The Morgan fingerprint density at radius 1 is 1.08 bits per heavy atom. The van der Waals surface area contributed by atoms with Gasteiger partial charge in [-0.3, -0.25) is 4.55 Å². The minimum absolute atomic E-state index is 0.0755. The van der Waals surface area contributed by atoms with Gasteiger partial charge in [0.2, 0.25) is 0 Å². The van der Waals surface area contributed by atoms with Crippen LogP contribution in [0.1, 0.15) is 38.0 Å². The molecule has 0 aliphatic carbocycles. The van der Waals surface area contributed by atoms with Crippen molar-refractivity contribution in [2.24, 2.45) is 0 Å². The second-order valence-corrected chi connectivity index (χ2v) is 8.20. The molecule has 12 heteroatoms. The zero-order valence-electron chi connectivity index (χ0n) is 12.3. The SMILES string of the molecule is CC(Sc1[c]c2c(C(=O)O)c(C(=O)O)c(C(=O)O)cn2c1)S(=O)(=O)O. The third kappa shape index (κ3) is 3.60. The average Bonchev–Trinajstić information content (AvgIpc) is 2.85. The molecule has 0 saturated heterocycles. The first-order valence-electron chi connectivity index (χ1n) is 6.37. The highest BCUT2D eigenvalue weighted by Crippen LogP contribution is 2.30. The van der Waals surface area contributed by atoms with E-state index in [0.29, 0.717) is 11.8 Å². The van der Waals surface area contributed by atoms with Gasteiger partial charge in [-0.05, 0) is 6.92 Å². The van der Waals surface area contributed by atoms with Gasteiger partial charge in [0.25, 0.3) is 10.1 Å². The molecule has 2 aromatic heterocycles. The Bertz CT molecular complexity index is 1010. The topological polar surface area (TPSA) is 171 Å². The number of carboxylic acid groups (broad SMARTS) is 3. The van der Waals surface area contributed by atoms with Gasteiger partial charge in [-0.15, -0.1) is 11.8 Å². The van der Waals surface area contributed by atoms with Gasteiger partial charge in [-0.1, -0.05) is 0 Å². The van der Waals surface area contributed by atoms with E-state index in [-0.39, 0.29) is 10.4 Å². The van der Waals surface area contributed by atoms with E-state index in [0.717, 1.165) is 10.6 Å². The summed E-state index contributed by atoms with van der Waals surface area (Å²) in [5.74, 6) is -5.07. The summed E-state index contributed by atoms with van der Waals surface area (Å²) >= 11 is 0.623. The Balaban J connectivity index is 2.77. The maximum atomic E-state index is 11.5. The smallest absolute Gasteiger partial charge is 0.338 e. The first-order chi connectivity index (χ1) is 11.4. The van der Waals surface area contributed by atoms with Crippen molar-refractivity contribution in [3.05, 3.63) is 35.2 Å². The lowest BCUT2D eigenvalue weighted by Crippen LogP contribution is -2.16. The molecule has 1 unspecified atom stereocenters. The average molecular weight is 388 g/mol. The standard InChI is InChI=1S/C13H10NO9S2/c1-5(25(21,22)23)24-6-2-8-10(13(19)20)9(12(17)18)7(11(15)16)4-14(8)3-6/h3-5H,1H3,(H,15,16)(H,17,18)(H,19,20)(H,21,22,23). The van der Waals surface area contributed by atoms with Crippen LogP contribution in [0.5, 0.6) is 0 Å². The summed E-state index contributed by atoms with van der Waals surface area (Å²) in [6, 6.07) is 2.52. The molecule has 0 fully saturated rings. The van der Waals surface area contributed by atoms with Crippen LogP contribution in [-0.4, -0.2) is 55.2 Å². The second kappa shape index (κ2) is 6.38. The normalized spacial score (nSPS) is 12.9. The summed E-state index contributed by atoms with van der Waals surface area (Å²) < 4.78 is 30.9. The molecule has 133 valence electrons. The molecule has 0 aliphatic heterocycles. The van der Waals surface area contributed by atoms with Gasteiger partial charge in [0, 0.05) is 23.4 Å². The minimum atomic E-state index is -4.38. The number of carboxylic acids is 3. The molecule has 1 radical (unpaired) electrons. The summed E-state index contributed by atoms with van der Waals surface area (Å²) in [7, 11) is -4.38. The maximum Gasteiger partial charge on any atom is 0.338 e. The largest absolute Gasteiger partial charge is 0.478 e. The van der Waals surface area contributed by atoms with Crippen molar-refractivity contribution in [1.82, 2.24) is 4.40 Å². The van der Waals surface area contributed by atoms with Crippen molar-refractivity contribution < 1.29 is 42.7 Å². The van der Waals surface area contributed by atoms with E-state index in [1.165, 1.54) is 13.1 Å². The predicted molar refractivity (Wildman–Crippen MR) is 84.0 cm³/mol. The molecule has 4 N–H and O–H groups in total. The van der Waals surface area contributed by atoms with Crippen LogP contribution in [0.4, 0.5) is 0 Å². The number of rotatable bonds is 6. The number of fused-ring (bicyclic) bond motifs is 1. The van der Waals surface area contributed by atoms with E-state index >= 15 is 0 Å². The van der Waals surface area contributed by atoms with Crippen LogP contribution in [0.3, 0.4) is 0 Å². The van der Waals surface area contributed by atoms with Gasteiger partial charge >= 0.3 is 17.9 Å². The summed E-state index contributed by atoms with van der Waals surface area (Å²) in [4.78, 5) is 34.2. The molecule has 0 spiro atoms. The van der Waals surface area contributed by atoms with Crippen LogP contribution >= 0.6 is 11.8 Å². The summed E-state index contributed by atoms with van der Waals surface area (Å²) in [5, 5.41) is 27.6. The molecule has 25 heavy (non-hydrogen) atoms. The fourth-order valence-corrected chi connectivity index (χ4v) is 3.53. The third-order valence-electron chi connectivity index (χ3n) is 3.15. The van der Waals surface area contributed by atoms with Crippen molar-refractivity contribution in [3.63, 3.8) is 0 Å². The number of thioether (sulfide) groups is 1. The van der Waals surface area contributed by atoms with E-state index < -0.39 is 49.3 Å². The number of hydrogen-bond donors (Lipinski definition) is 4. The predicted octanol–water partition coefficient (Wildman–Crippen LogP) is 1.16. The van der Waals surface area contributed by atoms with Gasteiger partial charge in [-0.25, -0.2) is 14.4 Å². The van der Waals surface area contributed by atoms with Crippen molar-refractivity contribution in [2.75, 3.05) is 0 Å². The second-order valence-electron chi connectivity index (χ2n) is 4.78. The lowest BCUT2D eigenvalue weighted by molar-refractivity contribution is 0.0633. The Morgan fingerprint density at radius 3 is 2.08 bits per heavy atom. The van der Waals surface area contributed by atoms with E-state index in [2.05, 4.69) is 6.07 Å². The fraction of sp³-hybridized carbons (Fsp3) is 0.154. The molecular weight excluding hydrogens is 378 g/mol. The van der Waals surface area contributed by atoms with E-state index in [4.69, 9.17) is 9.66 Å². The zero-order chi connectivity index (χ0) is 19.1. The van der Waals surface area contributed by atoms with Gasteiger partial charge in [0.05, 0.1) is 22.2 Å². The lowest BCUT2D eigenvalue weighted by Gasteiger charge is -2.08. The highest BCUT2D eigenvalue weighted by molar-refractivity contribution is 8.11. The van der Waals surface area contributed by atoms with Gasteiger partial charge in [-0.2, -0.15) is 8.42 Å². The Hall–Kier alpha value is -2.57. The maximum absolute atomic E-state index is 11.5. The number of pyridine rings is 1. The van der Waals surface area contributed by atoms with Crippen LogP contribution in [0, 0.1) is 6.07 Å². The number of hydrogen-bond acceptors (Lipinski definition) is 6. The minimum Gasteiger partial charge on any atom is -0.478 e. The Labute approximate surface area is 144 Å². The molecule has 10 nitrogen and oxygen atoms in total. The first-order valence-corrected chi connectivity index (χ1v) is 8.75. The monoisotopic (exact) mass is 388 g/mol. The molecule has 0 aromatic carbocycles. The molecular formula is C13H10NO9S2. The summed E-state index contributed by atoms with van der Waals surface area (Å²) in [5.41, 5.74) is -2.71. The lowest BCUT2D eigenvalue weighted by atomic mass is 10.0. The number of aromatic carboxylic acids is 3. The van der Waals surface area contributed by atoms with E-state index in [9.17, 15) is 33.0 Å². The molecule has 0 aliphatic rings.